The molecule has 1 fully saturated rings. The quantitative estimate of drug-likeness (QED) is 0.135. The van der Waals surface area contributed by atoms with Crippen LogP contribution in [0.15, 0.2) is 4.99 Å². The lowest BCUT2D eigenvalue weighted by atomic mass is 10.1. The number of hydrogen-bond acceptors (Lipinski definition) is 6. The number of halogens is 1. The molecule has 0 saturated carbocycles. The van der Waals surface area contributed by atoms with Gasteiger partial charge in [-0.25, -0.2) is 9.78 Å². The van der Waals surface area contributed by atoms with Crippen molar-refractivity contribution < 1.29 is 9.53 Å². The number of carbonyl (C=O) groups is 1. The molecule has 0 spiro atoms. The lowest BCUT2D eigenvalue weighted by molar-refractivity contribution is 0.0531. The first-order valence-electron chi connectivity index (χ1n) is 11.5. The molecule has 0 amide bonds. The number of piperidine rings is 1. The van der Waals surface area contributed by atoms with Gasteiger partial charge in [0.05, 0.1) is 18.3 Å². The fraction of sp³-hybridized carbons (Fsp3) is 0.773. The van der Waals surface area contributed by atoms with Crippen LogP contribution in [0.1, 0.15) is 85.7 Å². The fourth-order valence-electron chi connectivity index (χ4n) is 3.57. The minimum atomic E-state index is -0.295. The zero-order valence-corrected chi connectivity index (χ0v) is 22.7. The van der Waals surface area contributed by atoms with Gasteiger partial charge in [0.2, 0.25) is 0 Å². The van der Waals surface area contributed by atoms with E-state index >= 15 is 0 Å². The number of likely N-dealkylation sites (tertiary alicyclic amines) is 1. The Bertz CT molecular complexity index is 677. The first-order chi connectivity index (χ1) is 14.5. The summed E-state index contributed by atoms with van der Waals surface area (Å²) in [6, 6.07) is -0.0335. The third-order valence-electron chi connectivity index (χ3n) is 5.19. The van der Waals surface area contributed by atoms with Gasteiger partial charge in [0, 0.05) is 13.1 Å². The summed E-state index contributed by atoms with van der Waals surface area (Å²) in [7, 11) is 0. The number of aromatic nitrogens is 1. The van der Waals surface area contributed by atoms with Gasteiger partial charge in [0.15, 0.2) is 5.96 Å². The molecule has 7 nitrogen and oxygen atoms in total. The SMILES string of the molecule is CCNC(=NCCCCCN1CCCCC1)NC(C)c1nc(C)c(C(=O)OCC)s1.I. The highest BCUT2D eigenvalue weighted by molar-refractivity contribution is 14.0. The zero-order chi connectivity index (χ0) is 21.8. The number of unbranched alkanes of at least 4 members (excludes halogenated alkanes) is 2. The number of aryl methyl sites for hydroxylation is 1. The predicted octanol–water partition coefficient (Wildman–Crippen LogP) is 4.52. The van der Waals surface area contributed by atoms with Crippen molar-refractivity contribution in [2.75, 3.05) is 39.3 Å². The molecule has 2 heterocycles. The van der Waals surface area contributed by atoms with Gasteiger partial charge in [0.1, 0.15) is 9.88 Å². The van der Waals surface area contributed by atoms with Crippen molar-refractivity contribution in [2.45, 2.75) is 72.3 Å². The lowest BCUT2D eigenvalue weighted by Crippen LogP contribution is -2.38. The molecular formula is C22H40IN5O2S. The number of rotatable bonds is 11. The monoisotopic (exact) mass is 565 g/mol. The molecule has 1 saturated heterocycles. The molecule has 1 aliphatic rings. The van der Waals surface area contributed by atoms with Crippen LogP contribution in [0.4, 0.5) is 0 Å². The number of esters is 1. The molecule has 9 heteroatoms. The van der Waals surface area contributed by atoms with Gasteiger partial charge >= 0.3 is 5.97 Å². The Hall–Kier alpha value is -0.940. The first kappa shape index (κ1) is 28.1. The van der Waals surface area contributed by atoms with E-state index in [4.69, 9.17) is 9.73 Å². The number of ether oxygens (including phenoxy) is 1. The molecule has 1 atom stereocenters. The number of nitrogens with zero attached hydrogens (tertiary/aromatic N) is 3. The molecule has 2 rings (SSSR count). The molecule has 0 radical (unpaired) electrons. The van der Waals surface area contributed by atoms with Crippen molar-refractivity contribution in [1.29, 1.82) is 0 Å². The Labute approximate surface area is 208 Å². The summed E-state index contributed by atoms with van der Waals surface area (Å²) >= 11 is 1.39. The van der Waals surface area contributed by atoms with Crippen molar-refractivity contribution >= 4 is 47.2 Å². The van der Waals surface area contributed by atoms with Crippen LogP contribution in [-0.4, -0.2) is 61.1 Å². The van der Waals surface area contributed by atoms with Gasteiger partial charge in [-0.15, -0.1) is 35.3 Å². The van der Waals surface area contributed by atoms with Crippen molar-refractivity contribution in [1.82, 2.24) is 20.5 Å². The van der Waals surface area contributed by atoms with E-state index in [1.54, 1.807) is 0 Å². The van der Waals surface area contributed by atoms with Crippen LogP contribution in [0.5, 0.6) is 0 Å². The standard InChI is InChI=1S/C22H39N5O2S.HI/c1-5-23-22(24-13-9-7-10-14-27-15-11-8-12-16-27)26-18(4)20-25-17(3)19(30-20)21(28)29-6-2;/h18H,5-16H2,1-4H3,(H2,23,24,26);1H. The number of nitrogens with one attached hydrogen (secondary N) is 2. The second-order valence-corrected chi connectivity index (χ2v) is 8.81. The molecule has 1 aliphatic heterocycles. The molecule has 0 aromatic carbocycles. The highest BCUT2D eigenvalue weighted by Crippen LogP contribution is 2.24. The number of thiazole rings is 1. The van der Waals surface area contributed by atoms with Crippen LogP contribution in [0, 0.1) is 6.92 Å². The minimum Gasteiger partial charge on any atom is -0.462 e. The molecular weight excluding hydrogens is 525 g/mol. The molecule has 0 bridgehead atoms. The van der Waals surface area contributed by atoms with Gasteiger partial charge in [-0.1, -0.05) is 12.8 Å². The van der Waals surface area contributed by atoms with Crippen LogP contribution in [0.2, 0.25) is 0 Å². The zero-order valence-electron chi connectivity index (χ0n) is 19.5. The largest absolute Gasteiger partial charge is 0.462 e. The molecule has 31 heavy (non-hydrogen) atoms. The lowest BCUT2D eigenvalue weighted by Gasteiger charge is -2.26. The predicted molar refractivity (Wildman–Crippen MR) is 140 cm³/mol. The van der Waals surface area contributed by atoms with Gasteiger partial charge in [-0.3, -0.25) is 4.99 Å². The van der Waals surface area contributed by atoms with Gasteiger partial charge in [-0.2, -0.15) is 0 Å². The van der Waals surface area contributed by atoms with E-state index in [1.165, 1.54) is 63.1 Å². The van der Waals surface area contributed by atoms with Crippen LogP contribution in [0.25, 0.3) is 0 Å². The Morgan fingerprint density at radius 1 is 1.23 bits per heavy atom. The molecule has 178 valence electrons. The second kappa shape index (κ2) is 15.8. The third-order valence-corrected chi connectivity index (χ3v) is 6.51. The second-order valence-electron chi connectivity index (χ2n) is 7.78. The topological polar surface area (TPSA) is 78.9 Å². The van der Waals surface area contributed by atoms with Crippen molar-refractivity contribution in [3.8, 4) is 0 Å². The molecule has 0 aliphatic carbocycles. The fourth-order valence-corrected chi connectivity index (χ4v) is 4.54. The van der Waals surface area contributed by atoms with E-state index in [0.717, 1.165) is 36.2 Å². The highest BCUT2D eigenvalue weighted by Gasteiger charge is 2.20. The maximum atomic E-state index is 12.0. The summed E-state index contributed by atoms with van der Waals surface area (Å²) in [4.78, 5) is 24.5. The molecule has 1 unspecified atom stereocenters. The van der Waals surface area contributed by atoms with Gasteiger partial charge < -0.3 is 20.3 Å². The number of aliphatic imine (C=N–C) groups is 1. The average Bonchev–Trinajstić information content (AvgIpc) is 3.13. The Morgan fingerprint density at radius 2 is 1.97 bits per heavy atom. The summed E-state index contributed by atoms with van der Waals surface area (Å²) < 4.78 is 5.12. The summed E-state index contributed by atoms with van der Waals surface area (Å²) in [5.41, 5.74) is 0.720. The molecule has 1 aromatic heterocycles. The van der Waals surface area contributed by atoms with Crippen LogP contribution < -0.4 is 10.6 Å². The van der Waals surface area contributed by atoms with Crippen LogP contribution >= 0.6 is 35.3 Å². The Morgan fingerprint density at radius 3 is 2.65 bits per heavy atom. The van der Waals surface area contributed by atoms with Crippen molar-refractivity contribution in [3.63, 3.8) is 0 Å². The normalized spacial score (nSPS) is 15.8. The van der Waals surface area contributed by atoms with Crippen LogP contribution in [-0.2, 0) is 4.74 Å². The summed E-state index contributed by atoms with van der Waals surface area (Å²) in [6.07, 6.45) is 7.69. The Balaban J connectivity index is 0.00000480. The Kier molecular flexibility index (Phi) is 14.3. The number of guanidine groups is 1. The summed E-state index contributed by atoms with van der Waals surface area (Å²) in [5.74, 6) is 0.502. The van der Waals surface area contributed by atoms with Crippen LogP contribution in [0.3, 0.4) is 0 Å². The van der Waals surface area contributed by atoms with Crippen molar-refractivity contribution in [2.24, 2.45) is 4.99 Å². The highest BCUT2D eigenvalue weighted by atomic mass is 127. The van der Waals surface area contributed by atoms with E-state index < -0.39 is 0 Å². The first-order valence-corrected chi connectivity index (χ1v) is 12.3. The van der Waals surface area contributed by atoms with E-state index in [2.05, 4.69) is 27.4 Å². The van der Waals surface area contributed by atoms with E-state index in [-0.39, 0.29) is 36.0 Å². The van der Waals surface area contributed by atoms with Gasteiger partial charge in [0.25, 0.3) is 0 Å². The maximum absolute atomic E-state index is 12.0. The minimum absolute atomic E-state index is 0. The smallest absolute Gasteiger partial charge is 0.350 e. The third kappa shape index (κ3) is 10.0. The maximum Gasteiger partial charge on any atom is 0.350 e. The number of carbonyl (C=O) groups excluding carboxylic acids is 1. The molecule has 2 N–H and O–H groups in total. The number of hydrogen-bond donors (Lipinski definition) is 2. The average molecular weight is 566 g/mol. The van der Waals surface area contributed by atoms with Crippen molar-refractivity contribution in [3.05, 3.63) is 15.6 Å². The van der Waals surface area contributed by atoms with E-state index in [0.29, 0.717) is 11.5 Å². The van der Waals surface area contributed by atoms with Gasteiger partial charge in [-0.05, 0) is 73.0 Å². The van der Waals surface area contributed by atoms with E-state index in [9.17, 15) is 4.79 Å². The van der Waals surface area contributed by atoms with E-state index in [1.807, 2.05) is 20.8 Å². The summed E-state index contributed by atoms with van der Waals surface area (Å²) in [6.45, 7) is 13.5. The summed E-state index contributed by atoms with van der Waals surface area (Å²) in [5, 5.41) is 7.58. The molecule has 1 aromatic rings.